The van der Waals surface area contributed by atoms with Gasteiger partial charge >= 0.3 is 0 Å². The molecule has 1 atom stereocenters. The van der Waals surface area contributed by atoms with Gasteiger partial charge in [0.25, 0.3) is 0 Å². The molecule has 36 heavy (non-hydrogen) atoms. The third-order valence-corrected chi connectivity index (χ3v) is 7.10. The highest BCUT2D eigenvalue weighted by Crippen LogP contribution is 2.33. The van der Waals surface area contributed by atoms with Crippen LogP contribution < -0.4 is 5.32 Å². The number of carbonyl (C=O) groups is 1. The van der Waals surface area contributed by atoms with Crippen LogP contribution >= 0.6 is 0 Å². The van der Waals surface area contributed by atoms with Crippen molar-refractivity contribution < 1.29 is 9.18 Å². The lowest BCUT2D eigenvalue weighted by Gasteiger charge is -2.32. The summed E-state index contributed by atoms with van der Waals surface area (Å²) in [6, 6.07) is 6.26. The van der Waals surface area contributed by atoms with Crippen molar-refractivity contribution in [3.8, 4) is 0 Å². The highest BCUT2D eigenvalue weighted by Gasteiger charge is 2.33. The van der Waals surface area contributed by atoms with Crippen molar-refractivity contribution in [2.24, 2.45) is 15.9 Å². The van der Waals surface area contributed by atoms with E-state index in [9.17, 15) is 9.18 Å². The van der Waals surface area contributed by atoms with Gasteiger partial charge in [-0.05, 0) is 93.1 Å². The average molecular weight is 487 g/mol. The van der Waals surface area contributed by atoms with Crippen molar-refractivity contribution in [3.63, 3.8) is 0 Å². The molecule has 0 aliphatic carbocycles. The van der Waals surface area contributed by atoms with Gasteiger partial charge < -0.3 is 10.2 Å². The van der Waals surface area contributed by atoms with Gasteiger partial charge in [0.2, 0.25) is 5.91 Å². The van der Waals surface area contributed by atoms with E-state index < -0.39 is 5.92 Å². The summed E-state index contributed by atoms with van der Waals surface area (Å²) in [4.78, 5) is 33.3. The molecule has 0 radical (unpaired) electrons. The number of aliphatic imine (C=N–C) groups is 2. The Hall–Kier alpha value is -3.52. The van der Waals surface area contributed by atoms with E-state index in [0.717, 1.165) is 49.3 Å². The van der Waals surface area contributed by atoms with E-state index in [0.29, 0.717) is 29.7 Å². The van der Waals surface area contributed by atoms with Crippen molar-refractivity contribution in [2.45, 2.75) is 39.0 Å². The molecule has 7 nitrogen and oxygen atoms in total. The van der Waals surface area contributed by atoms with Crippen LogP contribution in [0.2, 0.25) is 0 Å². The number of aryl methyl sites for hydroxylation is 2. The van der Waals surface area contributed by atoms with Crippen LogP contribution in [0.1, 0.15) is 47.7 Å². The lowest BCUT2D eigenvalue weighted by Crippen LogP contribution is -2.38. The molecule has 0 spiro atoms. The second-order valence-electron chi connectivity index (χ2n) is 9.60. The molecule has 1 aromatic carbocycles. The van der Waals surface area contributed by atoms with Gasteiger partial charge in [-0.1, -0.05) is 6.07 Å². The fraction of sp³-hybridized carbons (Fsp3) is 0.393. The van der Waals surface area contributed by atoms with E-state index >= 15 is 0 Å². The number of benzene rings is 1. The Morgan fingerprint density at radius 3 is 2.67 bits per heavy atom. The maximum Gasteiger partial charge on any atom is 0.239 e. The summed E-state index contributed by atoms with van der Waals surface area (Å²) in [5.41, 5.74) is 5.62. The first-order valence-electron chi connectivity index (χ1n) is 12.6. The second kappa shape index (κ2) is 10.6. The number of nitrogens with one attached hydrogen (secondary N) is 1. The SMILES string of the molecule is Cc1ncc(C2=NC(=Nc3ccc(C4CCN(CCCF)CC4)c(C)c3)C3C(=O)NC=CC3=C2)cn1. The minimum atomic E-state index is -0.557. The number of amidine groups is 1. The summed E-state index contributed by atoms with van der Waals surface area (Å²) >= 11 is 0. The molecule has 3 aliphatic heterocycles. The second-order valence-corrected chi connectivity index (χ2v) is 9.60. The van der Waals surface area contributed by atoms with Crippen LogP contribution in [0, 0.1) is 19.8 Å². The Balaban J connectivity index is 1.41. The minimum absolute atomic E-state index is 0.140. The molecule has 0 bridgehead atoms. The Kier molecular flexibility index (Phi) is 7.13. The number of alkyl halides is 1. The van der Waals surface area contributed by atoms with Gasteiger partial charge in [0.15, 0.2) is 0 Å². The van der Waals surface area contributed by atoms with Crippen LogP contribution in [-0.2, 0) is 4.79 Å². The standard InChI is InChI=1S/C28H31FN6O/c1-18-14-23(4-5-24(18)20-7-12-35(13-8-20)11-3-9-29)33-27-26-21(6-10-30-28(26)36)15-25(34-27)22-16-31-19(2)32-17-22/h4-6,10,14-17,20,26H,3,7-9,11-13H2,1-2H3,(H,30,36). The number of amides is 1. The first kappa shape index (κ1) is 24.2. The monoisotopic (exact) mass is 486 g/mol. The van der Waals surface area contributed by atoms with Gasteiger partial charge in [0, 0.05) is 30.7 Å². The number of rotatable bonds is 6. The molecule has 1 unspecified atom stereocenters. The fourth-order valence-corrected chi connectivity index (χ4v) is 5.16. The number of likely N-dealkylation sites (tertiary alicyclic amines) is 1. The quantitative estimate of drug-likeness (QED) is 0.658. The Morgan fingerprint density at radius 1 is 1.17 bits per heavy atom. The number of carbonyl (C=O) groups excluding carboxylic acids is 1. The van der Waals surface area contributed by atoms with E-state index in [4.69, 9.17) is 9.98 Å². The normalized spacial score (nSPS) is 21.7. The highest BCUT2D eigenvalue weighted by atomic mass is 19.1. The van der Waals surface area contributed by atoms with Crippen molar-refractivity contribution in [1.82, 2.24) is 20.2 Å². The van der Waals surface area contributed by atoms with Gasteiger partial charge in [0.05, 0.1) is 18.1 Å². The average Bonchev–Trinajstić information content (AvgIpc) is 2.88. The van der Waals surface area contributed by atoms with Crippen LogP contribution in [0.3, 0.4) is 0 Å². The number of piperidine rings is 1. The highest BCUT2D eigenvalue weighted by molar-refractivity contribution is 6.22. The van der Waals surface area contributed by atoms with Crippen LogP contribution in [0.5, 0.6) is 0 Å². The van der Waals surface area contributed by atoms with Gasteiger partial charge in [-0.15, -0.1) is 0 Å². The maximum atomic E-state index is 12.7. The lowest BCUT2D eigenvalue weighted by molar-refractivity contribution is -0.121. The van der Waals surface area contributed by atoms with Gasteiger partial charge in [0.1, 0.15) is 17.6 Å². The Bertz CT molecular complexity index is 1260. The molecule has 1 saturated heterocycles. The van der Waals surface area contributed by atoms with Crippen LogP contribution in [0.15, 0.2) is 64.5 Å². The third kappa shape index (κ3) is 5.18. The van der Waals surface area contributed by atoms with E-state index in [2.05, 4.69) is 39.2 Å². The third-order valence-electron chi connectivity index (χ3n) is 7.10. The van der Waals surface area contributed by atoms with Crippen LogP contribution in [-0.4, -0.2) is 58.6 Å². The maximum absolute atomic E-state index is 12.7. The summed E-state index contributed by atoms with van der Waals surface area (Å²) in [7, 11) is 0. The molecule has 5 rings (SSSR count). The topological polar surface area (TPSA) is 82.8 Å². The number of dihydropyridines is 1. The molecule has 1 fully saturated rings. The van der Waals surface area contributed by atoms with E-state index in [1.165, 1.54) is 11.1 Å². The van der Waals surface area contributed by atoms with Crippen molar-refractivity contribution in [2.75, 3.05) is 26.3 Å². The molecular weight excluding hydrogens is 455 g/mol. The lowest BCUT2D eigenvalue weighted by atomic mass is 9.86. The predicted molar refractivity (Wildman–Crippen MR) is 139 cm³/mol. The van der Waals surface area contributed by atoms with E-state index in [1.807, 2.05) is 25.1 Å². The minimum Gasteiger partial charge on any atom is -0.332 e. The number of nitrogens with zero attached hydrogens (tertiary/aromatic N) is 5. The molecule has 4 heterocycles. The Morgan fingerprint density at radius 2 is 1.94 bits per heavy atom. The van der Waals surface area contributed by atoms with Crippen molar-refractivity contribution >= 4 is 23.1 Å². The summed E-state index contributed by atoms with van der Waals surface area (Å²) in [6.07, 6.45) is 11.7. The molecular formula is C28H31FN6O. The number of allylic oxidation sites excluding steroid dienone is 2. The summed E-state index contributed by atoms with van der Waals surface area (Å²) < 4.78 is 12.5. The number of hydrogen-bond acceptors (Lipinski definition) is 5. The largest absolute Gasteiger partial charge is 0.332 e. The molecule has 0 saturated carbocycles. The van der Waals surface area contributed by atoms with E-state index in [-0.39, 0.29) is 12.6 Å². The Labute approximate surface area is 211 Å². The zero-order chi connectivity index (χ0) is 25.1. The van der Waals surface area contributed by atoms with Crippen LogP contribution in [0.25, 0.3) is 0 Å². The molecule has 1 aromatic heterocycles. The summed E-state index contributed by atoms with van der Waals surface area (Å²) in [6.45, 7) is 6.57. The molecule has 1 amide bonds. The fourth-order valence-electron chi connectivity index (χ4n) is 5.16. The number of fused-ring (bicyclic) bond motifs is 1. The first-order valence-corrected chi connectivity index (χ1v) is 12.6. The van der Waals surface area contributed by atoms with Crippen LogP contribution in [0.4, 0.5) is 10.1 Å². The smallest absolute Gasteiger partial charge is 0.239 e. The molecule has 2 aromatic rings. The summed E-state index contributed by atoms with van der Waals surface area (Å²) in [5.74, 6) is 0.945. The van der Waals surface area contributed by atoms with Gasteiger partial charge in [-0.2, -0.15) is 0 Å². The first-order chi connectivity index (χ1) is 17.5. The number of hydrogen-bond donors (Lipinski definition) is 1. The predicted octanol–water partition coefficient (Wildman–Crippen LogP) is 4.35. The van der Waals surface area contributed by atoms with E-state index in [1.54, 1.807) is 18.6 Å². The zero-order valence-electron chi connectivity index (χ0n) is 20.7. The summed E-state index contributed by atoms with van der Waals surface area (Å²) in [5, 5.41) is 2.78. The van der Waals surface area contributed by atoms with Gasteiger partial charge in [-0.3, -0.25) is 9.18 Å². The van der Waals surface area contributed by atoms with Crippen molar-refractivity contribution in [3.05, 3.63) is 77.0 Å². The zero-order valence-corrected chi connectivity index (χ0v) is 20.7. The molecule has 1 N–H and O–H groups in total. The van der Waals surface area contributed by atoms with Crippen molar-refractivity contribution in [1.29, 1.82) is 0 Å². The van der Waals surface area contributed by atoms with Gasteiger partial charge in [-0.25, -0.2) is 20.0 Å². The number of aromatic nitrogens is 2. The number of halogens is 1. The molecule has 8 heteroatoms. The molecule has 3 aliphatic rings. The molecule has 186 valence electrons.